The van der Waals surface area contributed by atoms with Gasteiger partial charge in [0.25, 0.3) is 5.91 Å². The molecular formula is C25H19NO4. The number of fused-ring (bicyclic) bond motifs is 2. The van der Waals surface area contributed by atoms with E-state index in [1.54, 1.807) is 12.1 Å². The first kappa shape index (κ1) is 18.2. The molecule has 0 unspecified atom stereocenters. The van der Waals surface area contributed by atoms with Crippen LogP contribution in [-0.2, 0) is 16.0 Å². The summed E-state index contributed by atoms with van der Waals surface area (Å²) in [5.74, 6) is -0.206. The maximum absolute atomic E-state index is 13.1. The number of nitrogens with one attached hydrogen (secondary N) is 1. The van der Waals surface area contributed by atoms with Crippen molar-refractivity contribution >= 4 is 22.8 Å². The minimum absolute atomic E-state index is 0.343. The maximum Gasteiger partial charge on any atom is 0.339 e. The fraction of sp³-hybridized carbons (Fsp3) is 0.120. The van der Waals surface area contributed by atoms with Crippen molar-refractivity contribution in [3.63, 3.8) is 0 Å². The van der Waals surface area contributed by atoms with Gasteiger partial charge in [0.15, 0.2) is 6.10 Å². The Labute approximate surface area is 173 Å². The van der Waals surface area contributed by atoms with E-state index in [1.807, 2.05) is 72.8 Å². The average Bonchev–Trinajstić information content (AvgIpc) is 3.22. The Hall–Kier alpha value is -3.86. The van der Waals surface area contributed by atoms with Crippen molar-refractivity contribution in [1.82, 2.24) is 5.32 Å². The van der Waals surface area contributed by atoms with Gasteiger partial charge in [-0.1, -0.05) is 66.7 Å². The van der Waals surface area contributed by atoms with E-state index in [1.165, 1.54) is 0 Å². The number of cyclic esters (lactones) is 1. The number of carbonyl (C=O) groups is 2. The van der Waals surface area contributed by atoms with E-state index in [4.69, 9.17) is 9.15 Å². The Bertz CT molecular complexity index is 1200. The average molecular weight is 397 g/mol. The standard InChI is InChI=1S/C25H19NO4/c27-24(22-14-17-10-4-6-12-19(17)25(28)30-22)26-23(16-8-2-1-3-9-16)21-15-18-11-5-7-13-20(18)29-21/h1-13,15,22-23H,14H2,(H,26,27)/t22-,23+/m0/s1. The fourth-order valence-electron chi connectivity index (χ4n) is 3.82. The van der Waals surface area contributed by atoms with Gasteiger partial charge in [0.1, 0.15) is 17.4 Å². The number of esters is 1. The molecule has 30 heavy (non-hydrogen) atoms. The molecule has 148 valence electrons. The first-order valence-electron chi connectivity index (χ1n) is 9.82. The SMILES string of the molecule is O=C1O[C@H](C(=O)N[C@H](c2ccccc2)c2cc3ccccc3o2)Cc2ccccc21. The highest BCUT2D eigenvalue weighted by Gasteiger charge is 2.33. The van der Waals surface area contributed by atoms with Crippen LogP contribution in [0.5, 0.6) is 0 Å². The Morgan fingerprint density at radius 1 is 0.933 bits per heavy atom. The molecule has 1 amide bonds. The summed E-state index contributed by atoms with van der Waals surface area (Å²) in [7, 11) is 0. The van der Waals surface area contributed by atoms with Crippen LogP contribution in [0.2, 0.25) is 0 Å². The summed E-state index contributed by atoms with van der Waals surface area (Å²) in [5, 5.41) is 3.98. The lowest BCUT2D eigenvalue weighted by molar-refractivity contribution is -0.130. The van der Waals surface area contributed by atoms with Crippen LogP contribution < -0.4 is 5.32 Å². The van der Waals surface area contributed by atoms with Crippen LogP contribution in [0.25, 0.3) is 11.0 Å². The predicted molar refractivity (Wildman–Crippen MR) is 112 cm³/mol. The van der Waals surface area contributed by atoms with Gasteiger partial charge in [-0.05, 0) is 29.3 Å². The number of benzene rings is 3. The van der Waals surface area contributed by atoms with Crippen molar-refractivity contribution in [3.05, 3.63) is 107 Å². The maximum atomic E-state index is 13.1. The molecule has 5 heteroatoms. The number of carbonyl (C=O) groups excluding carboxylic acids is 2. The Morgan fingerprint density at radius 2 is 1.67 bits per heavy atom. The van der Waals surface area contributed by atoms with Gasteiger partial charge in [0, 0.05) is 11.8 Å². The van der Waals surface area contributed by atoms with E-state index in [-0.39, 0.29) is 5.91 Å². The highest BCUT2D eigenvalue weighted by atomic mass is 16.5. The van der Waals surface area contributed by atoms with Crippen LogP contribution in [-0.4, -0.2) is 18.0 Å². The molecule has 2 heterocycles. The largest absolute Gasteiger partial charge is 0.459 e. The molecular weight excluding hydrogens is 378 g/mol. The Balaban J connectivity index is 1.46. The van der Waals surface area contributed by atoms with Crippen LogP contribution >= 0.6 is 0 Å². The van der Waals surface area contributed by atoms with E-state index >= 15 is 0 Å². The van der Waals surface area contributed by atoms with Gasteiger partial charge >= 0.3 is 5.97 Å². The molecule has 1 aliphatic rings. The number of furan rings is 1. The minimum atomic E-state index is -0.886. The van der Waals surface area contributed by atoms with Gasteiger partial charge in [-0.3, -0.25) is 4.79 Å². The second-order valence-electron chi connectivity index (χ2n) is 7.29. The first-order chi connectivity index (χ1) is 14.7. The zero-order valence-corrected chi connectivity index (χ0v) is 16.1. The number of amides is 1. The van der Waals surface area contributed by atoms with E-state index in [9.17, 15) is 9.59 Å². The molecule has 5 rings (SSSR count). The van der Waals surface area contributed by atoms with Gasteiger partial charge in [-0.25, -0.2) is 4.79 Å². The van der Waals surface area contributed by atoms with E-state index in [2.05, 4.69) is 5.32 Å². The summed E-state index contributed by atoms with van der Waals surface area (Å²) in [6.45, 7) is 0. The van der Waals surface area contributed by atoms with Crippen LogP contribution in [0.15, 0.2) is 89.3 Å². The molecule has 4 aromatic rings. The first-order valence-corrected chi connectivity index (χ1v) is 9.82. The second-order valence-corrected chi connectivity index (χ2v) is 7.29. The zero-order valence-electron chi connectivity index (χ0n) is 16.1. The van der Waals surface area contributed by atoms with E-state index in [0.29, 0.717) is 17.7 Å². The molecule has 1 N–H and O–H groups in total. The molecule has 0 fully saturated rings. The van der Waals surface area contributed by atoms with Crippen molar-refractivity contribution in [2.45, 2.75) is 18.6 Å². The van der Waals surface area contributed by atoms with Crippen molar-refractivity contribution in [2.24, 2.45) is 0 Å². The molecule has 1 aromatic heterocycles. The monoisotopic (exact) mass is 397 g/mol. The smallest absolute Gasteiger partial charge is 0.339 e. The molecule has 1 aliphatic heterocycles. The highest BCUT2D eigenvalue weighted by molar-refractivity contribution is 5.96. The highest BCUT2D eigenvalue weighted by Crippen LogP contribution is 2.29. The van der Waals surface area contributed by atoms with E-state index < -0.39 is 18.1 Å². The lowest BCUT2D eigenvalue weighted by atomic mass is 9.97. The quantitative estimate of drug-likeness (QED) is 0.518. The predicted octanol–water partition coefficient (Wildman–Crippen LogP) is 4.42. The second kappa shape index (κ2) is 7.52. The van der Waals surface area contributed by atoms with Crippen molar-refractivity contribution < 1.29 is 18.7 Å². The number of hydrogen-bond acceptors (Lipinski definition) is 4. The molecule has 0 spiro atoms. The molecule has 0 saturated carbocycles. The van der Waals surface area contributed by atoms with E-state index in [0.717, 1.165) is 22.1 Å². The van der Waals surface area contributed by atoms with Crippen molar-refractivity contribution in [3.8, 4) is 0 Å². The van der Waals surface area contributed by atoms with Gasteiger partial charge in [-0.15, -0.1) is 0 Å². The fourth-order valence-corrected chi connectivity index (χ4v) is 3.82. The molecule has 2 atom stereocenters. The van der Waals surface area contributed by atoms with Crippen LogP contribution in [0, 0.1) is 0 Å². The normalized spacial score (nSPS) is 16.5. The summed E-state index contributed by atoms with van der Waals surface area (Å²) in [5.41, 5.74) is 2.96. The van der Waals surface area contributed by atoms with Crippen LogP contribution in [0.1, 0.15) is 33.3 Å². The number of rotatable bonds is 4. The third-order valence-corrected chi connectivity index (χ3v) is 5.33. The summed E-state index contributed by atoms with van der Waals surface area (Å²) >= 11 is 0. The molecule has 3 aromatic carbocycles. The van der Waals surface area contributed by atoms with Gasteiger partial charge in [0.05, 0.1) is 5.56 Å². The minimum Gasteiger partial charge on any atom is -0.459 e. The topological polar surface area (TPSA) is 68.5 Å². The van der Waals surface area contributed by atoms with Gasteiger partial charge in [0.2, 0.25) is 0 Å². The molecule has 0 saturated heterocycles. The van der Waals surface area contributed by atoms with Crippen LogP contribution in [0.4, 0.5) is 0 Å². The third-order valence-electron chi connectivity index (χ3n) is 5.33. The number of para-hydroxylation sites is 1. The summed E-state index contributed by atoms with van der Waals surface area (Å²) in [6, 6.07) is 25.9. The molecule has 0 aliphatic carbocycles. The summed E-state index contributed by atoms with van der Waals surface area (Å²) < 4.78 is 11.5. The lowest BCUT2D eigenvalue weighted by Gasteiger charge is -2.26. The van der Waals surface area contributed by atoms with Gasteiger partial charge in [-0.2, -0.15) is 0 Å². The van der Waals surface area contributed by atoms with Crippen molar-refractivity contribution in [1.29, 1.82) is 0 Å². The lowest BCUT2D eigenvalue weighted by Crippen LogP contribution is -2.43. The Kier molecular flexibility index (Phi) is 4.56. The molecule has 5 nitrogen and oxygen atoms in total. The van der Waals surface area contributed by atoms with Gasteiger partial charge < -0.3 is 14.5 Å². The molecule has 0 radical (unpaired) electrons. The summed E-state index contributed by atoms with van der Waals surface area (Å²) in [6.07, 6.45) is -0.543. The number of ether oxygens (including phenoxy) is 1. The molecule has 0 bridgehead atoms. The van der Waals surface area contributed by atoms with Crippen LogP contribution in [0.3, 0.4) is 0 Å². The van der Waals surface area contributed by atoms with Crippen molar-refractivity contribution in [2.75, 3.05) is 0 Å². The zero-order chi connectivity index (χ0) is 20.5. The number of hydrogen-bond donors (Lipinski definition) is 1. The Morgan fingerprint density at radius 3 is 2.50 bits per heavy atom. The third kappa shape index (κ3) is 3.35. The summed E-state index contributed by atoms with van der Waals surface area (Å²) in [4.78, 5) is 25.4.